The number of halogens is 2. The molecule has 8 heteroatoms. The predicted molar refractivity (Wildman–Crippen MR) is 98.4 cm³/mol. The summed E-state index contributed by atoms with van der Waals surface area (Å²) >= 11 is 0. The molecule has 0 radical (unpaired) electrons. The molecule has 4 rings (SSSR count). The molecule has 0 spiro atoms. The Labute approximate surface area is 159 Å². The Kier molecular flexibility index (Phi) is 4.33. The zero-order valence-corrected chi connectivity index (χ0v) is 15.1. The molecular weight excluding hydrogens is 368 g/mol. The van der Waals surface area contributed by atoms with E-state index in [2.05, 4.69) is 0 Å². The van der Waals surface area contributed by atoms with E-state index in [-0.39, 0.29) is 28.4 Å². The summed E-state index contributed by atoms with van der Waals surface area (Å²) in [5.41, 5.74) is 0.0476. The lowest BCUT2D eigenvalue weighted by molar-refractivity contribution is -0.129. The van der Waals surface area contributed by atoms with Gasteiger partial charge in [0.25, 0.3) is 11.8 Å². The number of hydrogen-bond donors (Lipinski definition) is 0. The van der Waals surface area contributed by atoms with Gasteiger partial charge in [-0.25, -0.2) is 13.7 Å². The topological polar surface area (TPSA) is 60.9 Å². The van der Waals surface area contributed by atoms with Crippen LogP contribution in [0.5, 0.6) is 0 Å². The molecule has 1 fully saturated rings. The second kappa shape index (κ2) is 6.70. The summed E-state index contributed by atoms with van der Waals surface area (Å²) in [4.78, 5) is 40.4. The van der Waals surface area contributed by atoms with Crippen molar-refractivity contribution in [3.63, 3.8) is 0 Å². The van der Waals surface area contributed by atoms with Crippen LogP contribution in [-0.2, 0) is 4.79 Å². The van der Waals surface area contributed by atoms with Gasteiger partial charge in [0.1, 0.15) is 5.69 Å². The van der Waals surface area contributed by atoms with Crippen molar-refractivity contribution in [2.24, 2.45) is 0 Å². The van der Waals surface area contributed by atoms with Gasteiger partial charge < -0.3 is 9.80 Å². The van der Waals surface area contributed by atoms with Crippen molar-refractivity contribution >= 4 is 29.1 Å². The van der Waals surface area contributed by atoms with E-state index in [1.807, 2.05) is 0 Å². The summed E-state index contributed by atoms with van der Waals surface area (Å²) in [6.45, 7) is 2.77. The SMILES string of the molecule is CC(=O)N1CCN(c2c(F)cc(N3C(=O)c4ccccc4C3=O)cc2F)CC1. The quantitative estimate of drug-likeness (QED) is 0.745. The number of piperazine rings is 1. The Hall–Kier alpha value is -3.29. The molecule has 3 amide bonds. The Balaban J connectivity index is 1.63. The molecule has 144 valence electrons. The number of hydrogen-bond acceptors (Lipinski definition) is 4. The largest absolute Gasteiger partial charge is 0.363 e. The van der Waals surface area contributed by atoms with Crippen LogP contribution in [0.3, 0.4) is 0 Å². The molecule has 0 aromatic heterocycles. The van der Waals surface area contributed by atoms with Crippen LogP contribution in [0.1, 0.15) is 27.6 Å². The van der Waals surface area contributed by atoms with E-state index < -0.39 is 23.4 Å². The molecule has 0 saturated carbocycles. The second-order valence-electron chi connectivity index (χ2n) is 6.74. The van der Waals surface area contributed by atoms with Gasteiger partial charge in [-0.3, -0.25) is 14.4 Å². The molecule has 2 heterocycles. The van der Waals surface area contributed by atoms with Crippen LogP contribution in [-0.4, -0.2) is 48.8 Å². The first kappa shape index (κ1) is 18.1. The molecule has 2 aliphatic heterocycles. The molecule has 28 heavy (non-hydrogen) atoms. The predicted octanol–water partition coefficient (Wildman–Crippen LogP) is 2.43. The summed E-state index contributed by atoms with van der Waals surface area (Å²) in [7, 11) is 0. The average Bonchev–Trinajstić information content (AvgIpc) is 2.92. The van der Waals surface area contributed by atoms with Gasteiger partial charge >= 0.3 is 0 Å². The first-order valence-electron chi connectivity index (χ1n) is 8.86. The molecule has 0 atom stereocenters. The Morgan fingerprint density at radius 2 is 1.39 bits per heavy atom. The van der Waals surface area contributed by atoms with Gasteiger partial charge in [-0.15, -0.1) is 0 Å². The molecule has 2 aromatic rings. The Morgan fingerprint density at radius 3 is 1.86 bits per heavy atom. The van der Waals surface area contributed by atoms with Crippen LogP contribution in [0.25, 0.3) is 0 Å². The van der Waals surface area contributed by atoms with E-state index in [1.165, 1.54) is 24.0 Å². The minimum atomic E-state index is -0.858. The van der Waals surface area contributed by atoms with Crippen molar-refractivity contribution < 1.29 is 23.2 Å². The normalized spacial score (nSPS) is 16.6. The maximum absolute atomic E-state index is 14.8. The third-order valence-corrected chi connectivity index (χ3v) is 5.10. The second-order valence-corrected chi connectivity index (χ2v) is 6.74. The zero-order valence-electron chi connectivity index (χ0n) is 15.1. The van der Waals surface area contributed by atoms with Crippen molar-refractivity contribution in [3.05, 3.63) is 59.2 Å². The summed E-state index contributed by atoms with van der Waals surface area (Å²) in [6, 6.07) is 8.25. The molecule has 0 aliphatic carbocycles. The van der Waals surface area contributed by atoms with E-state index in [1.54, 1.807) is 17.0 Å². The number of amides is 3. The van der Waals surface area contributed by atoms with Gasteiger partial charge in [-0.2, -0.15) is 0 Å². The third-order valence-electron chi connectivity index (χ3n) is 5.10. The van der Waals surface area contributed by atoms with Crippen molar-refractivity contribution in [2.75, 3.05) is 36.0 Å². The summed E-state index contributed by atoms with van der Waals surface area (Å²) in [5, 5.41) is 0. The number of fused-ring (bicyclic) bond motifs is 1. The molecular formula is C20H17F2N3O3. The number of carbonyl (C=O) groups is 3. The molecule has 6 nitrogen and oxygen atoms in total. The highest BCUT2D eigenvalue weighted by atomic mass is 19.1. The molecule has 0 N–H and O–H groups in total. The Morgan fingerprint density at radius 1 is 0.893 bits per heavy atom. The van der Waals surface area contributed by atoms with Gasteiger partial charge in [0.05, 0.1) is 16.8 Å². The maximum Gasteiger partial charge on any atom is 0.266 e. The fourth-order valence-electron chi connectivity index (χ4n) is 3.65. The van der Waals surface area contributed by atoms with Crippen LogP contribution < -0.4 is 9.80 Å². The third kappa shape index (κ3) is 2.81. The van der Waals surface area contributed by atoms with E-state index in [0.717, 1.165) is 17.0 Å². The van der Waals surface area contributed by atoms with Crippen molar-refractivity contribution in [2.45, 2.75) is 6.92 Å². The van der Waals surface area contributed by atoms with Gasteiger partial charge in [-0.1, -0.05) is 12.1 Å². The first-order valence-corrected chi connectivity index (χ1v) is 8.86. The fourth-order valence-corrected chi connectivity index (χ4v) is 3.65. The zero-order chi connectivity index (χ0) is 20.0. The summed E-state index contributed by atoms with van der Waals surface area (Å²) in [5.74, 6) is -3.02. The van der Waals surface area contributed by atoms with Crippen LogP contribution in [0.4, 0.5) is 20.2 Å². The highest BCUT2D eigenvalue weighted by molar-refractivity contribution is 6.34. The maximum atomic E-state index is 14.8. The number of carbonyl (C=O) groups excluding carboxylic acids is 3. The van der Waals surface area contributed by atoms with Gasteiger partial charge in [0, 0.05) is 45.2 Å². The number of anilines is 2. The Bertz CT molecular complexity index is 942. The number of imide groups is 1. The molecule has 2 aromatic carbocycles. The highest BCUT2D eigenvalue weighted by Gasteiger charge is 2.37. The van der Waals surface area contributed by atoms with Gasteiger partial charge in [0.15, 0.2) is 11.6 Å². The minimum absolute atomic E-state index is 0.0819. The molecule has 0 unspecified atom stereocenters. The van der Waals surface area contributed by atoms with Crippen LogP contribution in [0.15, 0.2) is 36.4 Å². The van der Waals surface area contributed by atoms with E-state index in [0.29, 0.717) is 26.2 Å². The average molecular weight is 385 g/mol. The standard InChI is InChI=1S/C20H17F2N3O3/c1-12(26)23-6-8-24(9-7-23)18-16(21)10-13(11-17(18)22)25-19(27)14-4-2-3-5-15(14)20(25)28/h2-5,10-11H,6-9H2,1H3. The van der Waals surface area contributed by atoms with Gasteiger partial charge in [0.2, 0.25) is 5.91 Å². The molecule has 2 aliphatic rings. The minimum Gasteiger partial charge on any atom is -0.363 e. The first-order chi connectivity index (χ1) is 13.4. The number of nitrogens with zero attached hydrogens (tertiary/aromatic N) is 3. The van der Waals surface area contributed by atoms with E-state index in [4.69, 9.17) is 0 Å². The fraction of sp³-hybridized carbons (Fsp3) is 0.250. The highest BCUT2D eigenvalue weighted by Crippen LogP contribution is 2.33. The summed E-state index contributed by atoms with van der Waals surface area (Å²) in [6.07, 6.45) is 0. The molecule has 0 bridgehead atoms. The van der Waals surface area contributed by atoms with Crippen molar-refractivity contribution in [1.29, 1.82) is 0 Å². The number of benzene rings is 2. The lowest BCUT2D eigenvalue weighted by atomic mass is 10.1. The lowest BCUT2D eigenvalue weighted by Gasteiger charge is -2.36. The van der Waals surface area contributed by atoms with Crippen LogP contribution in [0.2, 0.25) is 0 Å². The van der Waals surface area contributed by atoms with E-state index >= 15 is 0 Å². The van der Waals surface area contributed by atoms with Crippen molar-refractivity contribution in [3.8, 4) is 0 Å². The van der Waals surface area contributed by atoms with E-state index in [9.17, 15) is 23.2 Å². The smallest absolute Gasteiger partial charge is 0.266 e. The van der Waals surface area contributed by atoms with Crippen LogP contribution in [0, 0.1) is 11.6 Å². The number of rotatable bonds is 2. The van der Waals surface area contributed by atoms with Crippen molar-refractivity contribution in [1.82, 2.24) is 4.90 Å². The summed E-state index contributed by atoms with van der Waals surface area (Å²) < 4.78 is 29.6. The lowest BCUT2D eigenvalue weighted by Crippen LogP contribution is -2.48. The molecule has 1 saturated heterocycles. The van der Waals surface area contributed by atoms with Crippen LogP contribution >= 0.6 is 0 Å². The van der Waals surface area contributed by atoms with Gasteiger partial charge in [-0.05, 0) is 12.1 Å². The monoisotopic (exact) mass is 385 g/mol.